The van der Waals surface area contributed by atoms with E-state index in [1.54, 1.807) is 0 Å². The SMILES string of the molecule is N#Cc1ccc2[nH]c(=S)n(CCCc3ccccc3)c2c1. The summed E-state index contributed by atoms with van der Waals surface area (Å²) in [6, 6.07) is 18.2. The summed E-state index contributed by atoms with van der Waals surface area (Å²) in [4.78, 5) is 3.20. The van der Waals surface area contributed by atoms with Crippen LogP contribution in [0.3, 0.4) is 0 Å². The molecule has 1 N–H and O–H groups in total. The third-order valence-electron chi connectivity index (χ3n) is 3.59. The van der Waals surface area contributed by atoms with E-state index in [-0.39, 0.29) is 0 Å². The van der Waals surface area contributed by atoms with Crippen LogP contribution in [0.2, 0.25) is 0 Å². The number of rotatable bonds is 4. The van der Waals surface area contributed by atoms with Crippen LogP contribution in [-0.4, -0.2) is 9.55 Å². The Labute approximate surface area is 128 Å². The zero-order valence-electron chi connectivity index (χ0n) is 11.5. The first-order valence-electron chi connectivity index (χ1n) is 6.94. The second kappa shape index (κ2) is 5.94. The molecule has 0 atom stereocenters. The summed E-state index contributed by atoms with van der Waals surface area (Å²) >= 11 is 5.39. The molecule has 2 aromatic carbocycles. The van der Waals surface area contributed by atoms with Gasteiger partial charge in [-0.2, -0.15) is 5.26 Å². The minimum Gasteiger partial charge on any atom is -0.331 e. The highest BCUT2D eigenvalue weighted by Gasteiger charge is 2.05. The number of aromatic nitrogens is 2. The first-order valence-corrected chi connectivity index (χ1v) is 7.35. The summed E-state index contributed by atoms with van der Waals surface area (Å²) in [5.41, 5.74) is 3.99. The van der Waals surface area contributed by atoms with Gasteiger partial charge in [0.15, 0.2) is 4.77 Å². The van der Waals surface area contributed by atoms with Crippen LogP contribution in [0.5, 0.6) is 0 Å². The van der Waals surface area contributed by atoms with Crippen molar-refractivity contribution in [3.8, 4) is 6.07 Å². The van der Waals surface area contributed by atoms with Crippen LogP contribution in [0, 0.1) is 16.1 Å². The van der Waals surface area contributed by atoms with E-state index in [1.807, 2.05) is 24.3 Å². The van der Waals surface area contributed by atoms with Gasteiger partial charge in [0.1, 0.15) is 0 Å². The molecule has 0 aliphatic heterocycles. The molecule has 0 unspecified atom stereocenters. The van der Waals surface area contributed by atoms with Gasteiger partial charge in [-0.05, 0) is 48.8 Å². The normalized spacial score (nSPS) is 10.6. The van der Waals surface area contributed by atoms with E-state index < -0.39 is 0 Å². The second-order valence-electron chi connectivity index (χ2n) is 5.01. The molecule has 0 aliphatic rings. The zero-order chi connectivity index (χ0) is 14.7. The summed E-state index contributed by atoms with van der Waals surface area (Å²) in [6.45, 7) is 0.850. The number of nitrogens with one attached hydrogen (secondary N) is 1. The number of nitriles is 1. The third kappa shape index (κ3) is 2.88. The van der Waals surface area contributed by atoms with E-state index in [0.717, 1.165) is 30.4 Å². The molecule has 0 aliphatic carbocycles. The molecule has 0 fully saturated rings. The van der Waals surface area contributed by atoms with Crippen LogP contribution in [0.1, 0.15) is 17.5 Å². The molecule has 4 heteroatoms. The molecule has 0 saturated heterocycles. The molecule has 3 nitrogen and oxygen atoms in total. The largest absolute Gasteiger partial charge is 0.331 e. The Kier molecular flexibility index (Phi) is 3.85. The van der Waals surface area contributed by atoms with Crippen LogP contribution in [0.4, 0.5) is 0 Å². The second-order valence-corrected chi connectivity index (χ2v) is 5.40. The number of imidazole rings is 1. The van der Waals surface area contributed by atoms with Gasteiger partial charge in [-0.25, -0.2) is 0 Å². The van der Waals surface area contributed by atoms with Gasteiger partial charge >= 0.3 is 0 Å². The fourth-order valence-electron chi connectivity index (χ4n) is 2.53. The highest BCUT2D eigenvalue weighted by molar-refractivity contribution is 7.71. The van der Waals surface area contributed by atoms with Gasteiger partial charge in [0.05, 0.1) is 22.7 Å². The minimum atomic E-state index is 0.660. The molecule has 0 amide bonds. The fraction of sp³-hybridized carbons (Fsp3) is 0.176. The smallest absolute Gasteiger partial charge is 0.178 e. The lowest BCUT2D eigenvalue weighted by atomic mass is 10.1. The lowest BCUT2D eigenvalue weighted by Gasteiger charge is -2.05. The fourth-order valence-corrected chi connectivity index (χ4v) is 2.83. The Morgan fingerprint density at radius 2 is 1.95 bits per heavy atom. The van der Waals surface area contributed by atoms with Gasteiger partial charge in [-0.3, -0.25) is 0 Å². The van der Waals surface area contributed by atoms with Crippen molar-refractivity contribution in [3.63, 3.8) is 0 Å². The molecule has 1 aromatic heterocycles. The van der Waals surface area contributed by atoms with E-state index in [0.29, 0.717) is 10.3 Å². The summed E-state index contributed by atoms with van der Waals surface area (Å²) in [6.07, 6.45) is 2.04. The molecular formula is C17H15N3S. The Hall–Kier alpha value is -2.38. The Morgan fingerprint density at radius 1 is 1.14 bits per heavy atom. The highest BCUT2D eigenvalue weighted by atomic mass is 32.1. The number of H-pyrrole nitrogens is 1. The Bertz CT molecular complexity index is 853. The van der Waals surface area contributed by atoms with Gasteiger partial charge in [0.2, 0.25) is 0 Å². The number of nitrogens with zero attached hydrogens (tertiary/aromatic N) is 2. The van der Waals surface area contributed by atoms with Gasteiger partial charge in [0.25, 0.3) is 0 Å². The molecule has 3 rings (SSSR count). The average molecular weight is 293 g/mol. The molecule has 0 bridgehead atoms. The van der Waals surface area contributed by atoms with Crippen LogP contribution >= 0.6 is 12.2 Å². The van der Waals surface area contributed by atoms with Crippen molar-refractivity contribution in [3.05, 3.63) is 64.4 Å². The summed E-state index contributed by atoms with van der Waals surface area (Å²) in [5, 5.41) is 9.02. The number of aromatic amines is 1. The first kappa shape index (κ1) is 13.6. The lowest BCUT2D eigenvalue weighted by molar-refractivity contribution is 0.650. The number of aryl methyl sites for hydroxylation is 2. The Morgan fingerprint density at radius 3 is 2.71 bits per heavy atom. The minimum absolute atomic E-state index is 0.660. The third-order valence-corrected chi connectivity index (χ3v) is 3.92. The zero-order valence-corrected chi connectivity index (χ0v) is 12.4. The van der Waals surface area contributed by atoms with Crippen LogP contribution in [-0.2, 0) is 13.0 Å². The van der Waals surface area contributed by atoms with Crippen molar-refractivity contribution in [2.45, 2.75) is 19.4 Å². The van der Waals surface area contributed by atoms with Crippen molar-refractivity contribution in [2.24, 2.45) is 0 Å². The lowest BCUT2D eigenvalue weighted by Crippen LogP contribution is -2.00. The first-order chi connectivity index (χ1) is 10.3. The summed E-state index contributed by atoms with van der Waals surface area (Å²) < 4.78 is 2.79. The molecular weight excluding hydrogens is 278 g/mol. The van der Waals surface area contributed by atoms with Gasteiger partial charge < -0.3 is 9.55 Å². The monoisotopic (exact) mass is 293 g/mol. The number of fused-ring (bicyclic) bond motifs is 1. The maximum atomic E-state index is 9.02. The molecule has 3 aromatic rings. The van der Waals surface area contributed by atoms with Crippen molar-refractivity contribution in [1.82, 2.24) is 9.55 Å². The highest BCUT2D eigenvalue weighted by Crippen LogP contribution is 2.17. The maximum Gasteiger partial charge on any atom is 0.178 e. The molecule has 21 heavy (non-hydrogen) atoms. The van der Waals surface area contributed by atoms with Crippen LogP contribution in [0.25, 0.3) is 11.0 Å². The Balaban J connectivity index is 1.82. The van der Waals surface area contributed by atoms with E-state index >= 15 is 0 Å². The molecule has 0 radical (unpaired) electrons. The summed E-state index contributed by atoms with van der Waals surface area (Å²) in [7, 11) is 0. The van der Waals surface area contributed by atoms with Crippen LogP contribution in [0.15, 0.2) is 48.5 Å². The van der Waals surface area contributed by atoms with Crippen molar-refractivity contribution in [2.75, 3.05) is 0 Å². The molecule has 1 heterocycles. The predicted molar refractivity (Wildman–Crippen MR) is 86.6 cm³/mol. The topological polar surface area (TPSA) is 44.5 Å². The van der Waals surface area contributed by atoms with E-state index in [2.05, 4.69) is 39.9 Å². The molecule has 0 spiro atoms. The predicted octanol–water partition coefficient (Wildman–Crippen LogP) is 4.20. The van der Waals surface area contributed by atoms with E-state index in [9.17, 15) is 0 Å². The van der Waals surface area contributed by atoms with E-state index in [4.69, 9.17) is 17.5 Å². The number of hydrogen-bond donors (Lipinski definition) is 1. The quantitative estimate of drug-likeness (QED) is 0.733. The van der Waals surface area contributed by atoms with Crippen molar-refractivity contribution >= 4 is 23.3 Å². The maximum absolute atomic E-state index is 9.02. The van der Waals surface area contributed by atoms with Crippen molar-refractivity contribution in [1.29, 1.82) is 5.26 Å². The van der Waals surface area contributed by atoms with Gasteiger partial charge in [-0.1, -0.05) is 30.3 Å². The summed E-state index contributed by atoms with van der Waals surface area (Å²) in [5.74, 6) is 0. The van der Waals surface area contributed by atoms with Crippen molar-refractivity contribution < 1.29 is 0 Å². The number of benzene rings is 2. The van der Waals surface area contributed by atoms with Crippen LogP contribution < -0.4 is 0 Å². The molecule has 104 valence electrons. The standard InChI is InChI=1S/C17H15N3S/c18-12-14-8-9-15-16(11-14)20(17(21)19-15)10-4-7-13-5-2-1-3-6-13/h1-3,5-6,8-9,11H,4,7,10H2,(H,19,21). The van der Waals surface area contributed by atoms with Gasteiger partial charge in [0, 0.05) is 6.54 Å². The van der Waals surface area contributed by atoms with E-state index in [1.165, 1.54) is 5.56 Å². The van der Waals surface area contributed by atoms with Gasteiger partial charge in [-0.15, -0.1) is 0 Å². The number of hydrogen-bond acceptors (Lipinski definition) is 2. The molecule has 0 saturated carbocycles. The average Bonchev–Trinajstić information content (AvgIpc) is 2.83.